The van der Waals surface area contributed by atoms with Gasteiger partial charge in [-0.15, -0.1) is 0 Å². The molecule has 0 fully saturated rings. The van der Waals surface area contributed by atoms with Gasteiger partial charge in [-0.25, -0.2) is 0 Å². The zero-order valence-corrected chi connectivity index (χ0v) is 14.1. The van der Waals surface area contributed by atoms with E-state index in [-0.39, 0.29) is 0 Å². The van der Waals surface area contributed by atoms with Gasteiger partial charge in [-0.05, 0) is 37.9 Å². The summed E-state index contributed by atoms with van der Waals surface area (Å²) in [4.78, 5) is 2.18. The average Bonchev–Trinajstić information content (AvgIpc) is 2.56. The maximum Gasteiger partial charge on any atom is 0.0648 e. The number of allylic oxidation sites excluding steroid dienone is 1. The monoisotopic (exact) mass is 307 g/mol. The van der Waals surface area contributed by atoms with Crippen molar-refractivity contribution in [3.05, 3.63) is 72.3 Å². The molecule has 0 aliphatic heterocycles. The molecular weight excluding hydrogens is 282 g/mol. The minimum Gasteiger partial charge on any atom is -0.309 e. The zero-order valence-electron chi connectivity index (χ0n) is 14.1. The third kappa shape index (κ3) is 6.09. The fourth-order valence-electron chi connectivity index (χ4n) is 2.34. The quantitative estimate of drug-likeness (QED) is 0.608. The van der Waals surface area contributed by atoms with Crippen LogP contribution in [0, 0.1) is 5.92 Å². The van der Waals surface area contributed by atoms with Crippen molar-refractivity contribution in [3.63, 3.8) is 0 Å². The van der Waals surface area contributed by atoms with Crippen LogP contribution in [0.1, 0.15) is 12.5 Å². The van der Waals surface area contributed by atoms with Gasteiger partial charge in [-0.1, -0.05) is 61.5 Å². The normalized spacial score (nSPS) is 13.5. The van der Waals surface area contributed by atoms with Gasteiger partial charge in [0.25, 0.3) is 0 Å². The Labute approximate surface area is 139 Å². The summed E-state index contributed by atoms with van der Waals surface area (Å²) in [6.07, 6.45) is 4.21. The summed E-state index contributed by atoms with van der Waals surface area (Å²) < 4.78 is 0. The Balaban J connectivity index is 2.15. The molecule has 0 saturated carbocycles. The summed E-state index contributed by atoms with van der Waals surface area (Å²) >= 11 is 0. The lowest BCUT2D eigenvalue weighted by Crippen LogP contribution is -2.25. The third-order valence-electron chi connectivity index (χ3n) is 3.48. The van der Waals surface area contributed by atoms with Crippen LogP contribution in [0.15, 0.2) is 71.8 Å². The predicted octanol–water partition coefficient (Wildman–Crippen LogP) is 4.37. The second-order valence-electron chi connectivity index (χ2n) is 5.92. The van der Waals surface area contributed by atoms with Crippen LogP contribution in [0.3, 0.4) is 0 Å². The van der Waals surface area contributed by atoms with E-state index in [1.54, 1.807) is 0 Å². The molecule has 0 saturated heterocycles. The summed E-state index contributed by atoms with van der Waals surface area (Å²) in [5.41, 5.74) is 6.36. The number of hydrogen-bond donors (Lipinski definition) is 1. The minimum atomic E-state index is 0.334. The Kier molecular flexibility index (Phi) is 6.57. The Bertz CT molecular complexity index is 630. The van der Waals surface area contributed by atoms with Gasteiger partial charge in [0.05, 0.1) is 11.4 Å². The standard InChI is InChI=1S/C20H25N3/c1-17(16-23(2)3)20(15-14-18-10-6-4-7-11-18)22-21-19-12-8-5-9-13-19/h4-15,17,21H,16H2,1-3H3. The number of anilines is 1. The molecule has 120 valence electrons. The Morgan fingerprint density at radius 2 is 1.65 bits per heavy atom. The fraction of sp³-hybridized carbons (Fsp3) is 0.250. The fourth-order valence-corrected chi connectivity index (χ4v) is 2.34. The van der Waals surface area contributed by atoms with Crippen LogP contribution in [-0.4, -0.2) is 31.3 Å². The van der Waals surface area contributed by atoms with Crippen LogP contribution in [0.2, 0.25) is 0 Å². The molecule has 0 radical (unpaired) electrons. The molecule has 0 aromatic heterocycles. The lowest BCUT2D eigenvalue weighted by atomic mass is 10.0. The van der Waals surface area contributed by atoms with Crippen molar-refractivity contribution < 1.29 is 0 Å². The predicted molar refractivity (Wildman–Crippen MR) is 101 cm³/mol. The molecular formula is C20H25N3. The highest BCUT2D eigenvalue weighted by Gasteiger charge is 2.09. The van der Waals surface area contributed by atoms with Crippen molar-refractivity contribution in [1.29, 1.82) is 0 Å². The van der Waals surface area contributed by atoms with E-state index >= 15 is 0 Å². The summed E-state index contributed by atoms with van der Waals surface area (Å²) in [5, 5.41) is 4.62. The molecule has 1 N–H and O–H groups in total. The maximum atomic E-state index is 4.62. The van der Waals surface area contributed by atoms with Gasteiger partial charge in [-0.2, -0.15) is 5.10 Å². The first-order valence-electron chi connectivity index (χ1n) is 7.91. The lowest BCUT2D eigenvalue weighted by Gasteiger charge is -2.17. The van der Waals surface area contributed by atoms with E-state index in [1.807, 2.05) is 48.5 Å². The van der Waals surface area contributed by atoms with E-state index in [4.69, 9.17) is 0 Å². The second-order valence-corrected chi connectivity index (χ2v) is 5.92. The summed E-state index contributed by atoms with van der Waals surface area (Å²) in [6, 6.07) is 20.3. The molecule has 0 amide bonds. The van der Waals surface area contributed by atoms with Gasteiger partial charge in [0.15, 0.2) is 0 Å². The van der Waals surface area contributed by atoms with Gasteiger partial charge in [0.2, 0.25) is 0 Å². The van der Waals surface area contributed by atoms with E-state index < -0.39 is 0 Å². The van der Waals surface area contributed by atoms with Crippen LogP contribution >= 0.6 is 0 Å². The molecule has 23 heavy (non-hydrogen) atoms. The van der Waals surface area contributed by atoms with Gasteiger partial charge in [-0.3, -0.25) is 5.43 Å². The van der Waals surface area contributed by atoms with E-state index in [0.29, 0.717) is 5.92 Å². The van der Waals surface area contributed by atoms with Crippen molar-refractivity contribution >= 4 is 17.5 Å². The third-order valence-corrected chi connectivity index (χ3v) is 3.48. The maximum absolute atomic E-state index is 4.62. The molecule has 3 heteroatoms. The van der Waals surface area contributed by atoms with Gasteiger partial charge >= 0.3 is 0 Å². The SMILES string of the molecule is CC(CN(C)C)C(C=Cc1ccccc1)=NNc1ccccc1. The van der Waals surface area contributed by atoms with Crippen LogP contribution in [0.5, 0.6) is 0 Å². The first kappa shape index (κ1) is 17.0. The average molecular weight is 307 g/mol. The Hall–Kier alpha value is -2.39. The van der Waals surface area contributed by atoms with E-state index in [9.17, 15) is 0 Å². The number of nitrogens with zero attached hydrogens (tertiary/aromatic N) is 2. The van der Waals surface area contributed by atoms with E-state index in [2.05, 4.69) is 60.7 Å². The van der Waals surface area contributed by atoms with Crippen LogP contribution in [0.25, 0.3) is 6.08 Å². The van der Waals surface area contributed by atoms with Crippen LogP contribution < -0.4 is 5.43 Å². The number of para-hydroxylation sites is 1. The summed E-state index contributed by atoms with van der Waals surface area (Å²) in [5.74, 6) is 0.334. The van der Waals surface area contributed by atoms with Crippen molar-refractivity contribution in [1.82, 2.24) is 4.90 Å². The van der Waals surface area contributed by atoms with Gasteiger partial charge in [0, 0.05) is 12.5 Å². The first-order valence-corrected chi connectivity index (χ1v) is 7.91. The first-order chi connectivity index (χ1) is 11.1. The number of rotatable bonds is 7. The van der Waals surface area contributed by atoms with Crippen molar-refractivity contribution in [3.8, 4) is 0 Å². The van der Waals surface area contributed by atoms with Crippen molar-refractivity contribution in [2.24, 2.45) is 11.0 Å². The molecule has 0 aliphatic rings. The lowest BCUT2D eigenvalue weighted by molar-refractivity contribution is 0.381. The van der Waals surface area contributed by atoms with Crippen LogP contribution in [-0.2, 0) is 0 Å². The van der Waals surface area contributed by atoms with Crippen molar-refractivity contribution in [2.75, 3.05) is 26.1 Å². The molecule has 0 spiro atoms. The molecule has 2 rings (SSSR count). The highest BCUT2D eigenvalue weighted by Crippen LogP contribution is 2.09. The molecule has 3 nitrogen and oxygen atoms in total. The smallest absolute Gasteiger partial charge is 0.0648 e. The van der Waals surface area contributed by atoms with E-state index in [0.717, 1.165) is 17.9 Å². The number of hydrazone groups is 1. The largest absolute Gasteiger partial charge is 0.309 e. The Morgan fingerprint density at radius 1 is 1.04 bits per heavy atom. The van der Waals surface area contributed by atoms with Gasteiger partial charge < -0.3 is 4.90 Å². The number of hydrogen-bond acceptors (Lipinski definition) is 3. The summed E-state index contributed by atoms with van der Waals surface area (Å²) in [7, 11) is 4.17. The molecule has 2 aromatic carbocycles. The summed E-state index contributed by atoms with van der Waals surface area (Å²) in [6.45, 7) is 3.15. The highest BCUT2D eigenvalue weighted by atomic mass is 15.3. The zero-order chi connectivity index (χ0) is 16.5. The molecule has 1 unspecified atom stereocenters. The number of benzene rings is 2. The van der Waals surface area contributed by atoms with E-state index in [1.165, 1.54) is 5.56 Å². The topological polar surface area (TPSA) is 27.6 Å². The highest BCUT2D eigenvalue weighted by molar-refractivity contribution is 6.00. The van der Waals surface area contributed by atoms with Crippen molar-refractivity contribution in [2.45, 2.75) is 6.92 Å². The molecule has 0 bridgehead atoms. The molecule has 2 aromatic rings. The van der Waals surface area contributed by atoms with Crippen LogP contribution in [0.4, 0.5) is 5.69 Å². The molecule has 0 heterocycles. The minimum absolute atomic E-state index is 0.334. The second kappa shape index (κ2) is 8.91. The molecule has 0 aliphatic carbocycles. The Morgan fingerprint density at radius 3 is 2.26 bits per heavy atom. The number of nitrogens with one attached hydrogen (secondary N) is 1. The molecule has 1 atom stereocenters. The van der Waals surface area contributed by atoms with Gasteiger partial charge in [0.1, 0.15) is 0 Å².